The van der Waals surface area contributed by atoms with Crippen LogP contribution < -0.4 is 5.32 Å². The number of nitrogens with one attached hydrogen (secondary N) is 1. The summed E-state index contributed by atoms with van der Waals surface area (Å²) >= 11 is 0. The highest BCUT2D eigenvalue weighted by atomic mass is 16.5. The second-order valence-electron chi connectivity index (χ2n) is 6.86. The molecule has 0 fully saturated rings. The van der Waals surface area contributed by atoms with E-state index >= 15 is 0 Å². The highest BCUT2D eigenvalue weighted by Crippen LogP contribution is 2.18. The molecule has 0 saturated carbocycles. The standard InChI is InChI=1S/C22H28N2O6/c25-19-9-3-1-6-17(19)8-5-13-30-22(29)14-23-11-12-24(16-21(27)28)15-18-7-2-4-10-20(18)26/h1-4,6-7,9-10,23,25-26H,5,8,11-16H2,(H,27,28). The lowest BCUT2D eigenvalue weighted by molar-refractivity contribution is -0.143. The van der Waals surface area contributed by atoms with Crippen molar-refractivity contribution < 1.29 is 29.6 Å². The molecule has 30 heavy (non-hydrogen) atoms. The monoisotopic (exact) mass is 416 g/mol. The third kappa shape index (κ3) is 8.50. The van der Waals surface area contributed by atoms with Crippen molar-refractivity contribution in [2.45, 2.75) is 19.4 Å². The van der Waals surface area contributed by atoms with Gasteiger partial charge in [-0.1, -0.05) is 36.4 Å². The minimum Gasteiger partial charge on any atom is -0.508 e. The van der Waals surface area contributed by atoms with Crippen molar-refractivity contribution in [3.63, 3.8) is 0 Å². The van der Waals surface area contributed by atoms with Crippen LogP contribution in [0.3, 0.4) is 0 Å². The molecule has 0 atom stereocenters. The van der Waals surface area contributed by atoms with Crippen LogP contribution in [0.25, 0.3) is 0 Å². The van der Waals surface area contributed by atoms with Crippen LogP contribution in [0.1, 0.15) is 17.5 Å². The summed E-state index contributed by atoms with van der Waals surface area (Å²) in [6.07, 6.45) is 1.22. The fraction of sp³-hybridized carbons (Fsp3) is 0.364. The molecule has 0 spiro atoms. The zero-order chi connectivity index (χ0) is 21.8. The number of esters is 1. The maximum atomic E-state index is 11.8. The molecule has 8 nitrogen and oxygen atoms in total. The van der Waals surface area contributed by atoms with Crippen LogP contribution in [0.4, 0.5) is 0 Å². The van der Waals surface area contributed by atoms with Crippen molar-refractivity contribution in [2.24, 2.45) is 0 Å². The van der Waals surface area contributed by atoms with Crippen LogP contribution in [0.2, 0.25) is 0 Å². The van der Waals surface area contributed by atoms with Crippen molar-refractivity contribution in [1.82, 2.24) is 10.2 Å². The predicted molar refractivity (Wildman–Crippen MR) is 111 cm³/mol. The van der Waals surface area contributed by atoms with E-state index in [1.807, 2.05) is 12.1 Å². The van der Waals surface area contributed by atoms with E-state index in [2.05, 4.69) is 5.32 Å². The van der Waals surface area contributed by atoms with Crippen LogP contribution in [0.15, 0.2) is 48.5 Å². The molecule has 0 radical (unpaired) electrons. The first kappa shape index (κ1) is 23.2. The predicted octanol–water partition coefficient (Wildman–Crippen LogP) is 1.75. The first-order valence-corrected chi connectivity index (χ1v) is 9.80. The Hall–Kier alpha value is -3.10. The molecule has 8 heteroatoms. The van der Waals surface area contributed by atoms with Crippen molar-refractivity contribution in [3.05, 3.63) is 59.7 Å². The molecule has 0 aromatic heterocycles. The molecular weight excluding hydrogens is 388 g/mol. The van der Waals surface area contributed by atoms with Gasteiger partial charge in [-0.3, -0.25) is 14.5 Å². The van der Waals surface area contributed by atoms with Gasteiger partial charge in [0.2, 0.25) is 0 Å². The van der Waals surface area contributed by atoms with Crippen molar-refractivity contribution in [2.75, 3.05) is 32.8 Å². The molecule has 0 aliphatic carbocycles. The van der Waals surface area contributed by atoms with Gasteiger partial charge < -0.3 is 25.4 Å². The number of carboxylic acid groups (broad SMARTS) is 1. The number of aromatic hydroxyl groups is 2. The van der Waals surface area contributed by atoms with Crippen LogP contribution in [-0.2, 0) is 27.3 Å². The maximum absolute atomic E-state index is 11.8. The Morgan fingerprint density at radius 3 is 2.23 bits per heavy atom. The number of carbonyl (C=O) groups is 2. The maximum Gasteiger partial charge on any atom is 0.319 e. The van der Waals surface area contributed by atoms with E-state index in [1.165, 1.54) is 0 Å². The highest BCUT2D eigenvalue weighted by molar-refractivity contribution is 5.71. The number of hydrogen-bond donors (Lipinski definition) is 4. The molecule has 0 saturated heterocycles. The number of aryl methyl sites for hydroxylation is 1. The fourth-order valence-electron chi connectivity index (χ4n) is 2.94. The Balaban J connectivity index is 1.64. The van der Waals surface area contributed by atoms with Crippen molar-refractivity contribution in [3.8, 4) is 11.5 Å². The summed E-state index contributed by atoms with van der Waals surface area (Å²) in [7, 11) is 0. The molecule has 0 amide bonds. The van der Waals surface area contributed by atoms with Crippen molar-refractivity contribution in [1.29, 1.82) is 0 Å². The van der Waals surface area contributed by atoms with E-state index in [4.69, 9.17) is 9.84 Å². The Morgan fingerprint density at radius 2 is 1.60 bits per heavy atom. The molecule has 0 bridgehead atoms. The number of rotatable bonds is 13. The Kier molecular flexibility index (Phi) is 9.63. The minimum absolute atomic E-state index is 0.0219. The third-order valence-corrected chi connectivity index (χ3v) is 4.46. The number of phenolic OH excluding ortho intramolecular Hbond substituents is 2. The van der Waals surface area contributed by atoms with Crippen molar-refractivity contribution >= 4 is 11.9 Å². The second-order valence-corrected chi connectivity index (χ2v) is 6.86. The van der Waals surface area contributed by atoms with E-state index in [0.29, 0.717) is 31.5 Å². The number of hydrogen-bond acceptors (Lipinski definition) is 7. The molecule has 2 rings (SSSR count). The average Bonchev–Trinajstić information content (AvgIpc) is 2.71. The lowest BCUT2D eigenvalue weighted by Crippen LogP contribution is -2.37. The lowest BCUT2D eigenvalue weighted by atomic mass is 10.1. The van der Waals surface area contributed by atoms with E-state index in [-0.39, 0.29) is 37.7 Å². The largest absolute Gasteiger partial charge is 0.508 e. The van der Waals surface area contributed by atoms with Crippen LogP contribution in [0.5, 0.6) is 11.5 Å². The molecular formula is C22H28N2O6. The van der Waals surface area contributed by atoms with E-state index in [1.54, 1.807) is 41.3 Å². The first-order chi connectivity index (χ1) is 14.5. The number of carbonyl (C=O) groups excluding carboxylic acids is 1. The average molecular weight is 416 g/mol. The number of carboxylic acids is 1. The molecule has 0 heterocycles. The Labute approximate surface area is 175 Å². The molecule has 0 aliphatic heterocycles. The summed E-state index contributed by atoms with van der Waals surface area (Å²) in [6.45, 7) is 1.18. The van der Waals surface area contributed by atoms with Gasteiger partial charge in [0, 0.05) is 25.2 Å². The summed E-state index contributed by atoms with van der Waals surface area (Å²) in [6, 6.07) is 13.8. The van der Waals surface area contributed by atoms with Gasteiger partial charge in [0.15, 0.2) is 0 Å². The van der Waals surface area contributed by atoms with E-state index in [9.17, 15) is 19.8 Å². The number of aliphatic carboxylic acids is 1. The summed E-state index contributed by atoms with van der Waals surface area (Å²) in [5.74, 6) is -1.000. The molecule has 0 unspecified atom stereocenters. The highest BCUT2D eigenvalue weighted by Gasteiger charge is 2.12. The molecule has 0 aliphatic rings. The normalized spacial score (nSPS) is 10.8. The molecule has 4 N–H and O–H groups in total. The van der Waals surface area contributed by atoms with Gasteiger partial charge >= 0.3 is 11.9 Å². The summed E-state index contributed by atoms with van der Waals surface area (Å²) in [5, 5.41) is 31.6. The van der Waals surface area contributed by atoms with Gasteiger partial charge in [-0.2, -0.15) is 0 Å². The molecule has 162 valence electrons. The summed E-state index contributed by atoms with van der Waals surface area (Å²) < 4.78 is 5.16. The zero-order valence-electron chi connectivity index (χ0n) is 16.8. The minimum atomic E-state index is -0.964. The Morgan fingerprint density at radius 1 is 0.967 bits per heavy atom. The van der Waals surface area contributed by atoms with E-state index in [0.717, 1.165) is 5.56 Å². The van der Waals surface area contributed by atoms with Gasteiger partial charge in [0.05, 0.1) is 19.7 Å². The number of ether oxygens (including phenoxy) is 1. The third-order valence-electron chi connectivity index (χ3n) is 4.46. The van der Waals surface area contributed by atoms with E-state index < -0.39 is 11.9 Å². The van der Waals surface area contributed by atoms with Gasteiger partial charge in [-0.15, -0.1) is 0 Å². The van der Waals surface area contributed by atoms with Gasteiger partial charge in [-0.25, -0.2) is 0 Å². The number of phenols is 2. The van der Waals surface area contributed by atoms with Gasteiger partial charge in [0.1, 0.15) is 11.5 Å². The van der Waals surface area contributed by atoms with Gasteiger partial charge in [-0.05, 0) is 30.5 Å². The van der Waals surface area contributed by atoms with Crippen LogP contribution in [0, 0.1) is 0 Å². The molecule has 2 aromatic rings. The topological polar surface area (TPSA) is 119 Å². The quantitative estimate of drug-likeness (QED) is 0.288. The van der Waals surface area contributed by atoms with Crippen LogP contribution >= 0.6 is 0 Å². The first-order valence-electron chi connectivity index (χ1n) is 9.80. The van der Waals surface area contributed by atoms with Gasteiger partial charge in [0.25, 0.3) is 0 Å². The molecule has 2 aromatic carbocycles. The lowest BCUT2D eigenvalue weighted by Gasteiger charge is -2.21. The SMILES string of the molecule is O=C(O)CN(CCNCC(=O)OCCCc1ccccc1O)Cc1ccccc1O. The second kappa shape index (κ2) is 12.5. The number of para-hydroxylation sites is 2. The fourth-order valence-corrected chi connectivity index (χ4v) is 2.94. The summed E-state index contributed by atoms with van der Waals surface area (Å²) in [5.41, 5.74) is 1.46. The zero-order valence-corrected chi connectivity index (χ0v) is 16.8. The smallest absolute Gasteiger partial charge is 0.319 e. The number of nitrogens with zero attached hydrogens (tertiary/aromatic N) is 1. The summed E-state index contributed by atoms with van der Waals surface area (Å²) in [4.78, 5) is 24.6. The number of benzene rings is 2. The van der Waals surface area contributed by atoms with Crippen LogP contribution in [-0.4, -0.2) is 64.9 Å². The Bertz CT molecular complexity index is 827.